The Morgan fingerprint density at radius 3 is 2.28 bits per heavy atom. The van der Waals surface area contributed by atoms with Crippen molar-refractivity contribution in [3.8, 4) is 0 Å². The van der Waals surface area contributed by atoms with Crippen LogP contribution in [-0.4, -0.2) is 34.6 Å². The van der Waals surface area contributed by atoms with Crippen LogP contribution in [0.1, 0.15) is 54.9 Å². The van der Waals surface area contributed by atoms with Crippen molar-refractivity contribution < 1.29 is 4.79 Å². The lowest BCUT2D eigenvalue weighted by Gasteiger charge is -2.31. The molecule has 4 nitrogen and oxygen atoms in total. The van der Waals surface area contributed by atoms with Gasteiger partial charge in [0.25, 0.3) is 5.91 Å². The number of benzene rings is 2. The number of para-hydroxylation sites is 2. The van der Waals surface area contributed by atoms with Gasteiger partial charge in [-0.25, -0.2) is 0 Å². The second kappa shape index (κ2) is 8.70. The Balaban J connectivity index is 1.28. The molecule has 0 bridgehead atoms. The summed E-state index contributed by atoms with van der Waals surface area (Å²) in [6, 6.07) is 16.9. The number of aryl methyl sites for hydroxylation is 1. The highest BCUT2D eigenvalue weighted by Gasteiger charge is 2.31. The Morgan fingerprint density at radius 2 is 1.66 bits per heavy atom. The average molecular weight is 410 g/mol. The van der Waals surface area contributed by atoms with E-state index in [2.05, 4.69) is 54.0 Å². The van der Waals surface area contributed by atoms with Gasteiger partial charge in [0.05, 0.1) is 11.4 Å². The average Bonchev–Trinajstić information content (AvgIpc) is 3.10. The molecule has 0 spiro atoms. The fraction of sp³-hybridized carbons (Fsp3) is 0.458. The maximum absolute atomic E-state index is 12.8. The maximum atomic E-state index is 12.8. The summed E-state index contributed by atoms with van der Waals surface area (Å²) in [5, 5.41) is 7.13. The Kier molecular flexibility index (Phi) is 6.04. The van der Waals surface area contributed by atoms with Gasteiger partial charge in [0, 0.05) is 24.4 Å². The molecule has 0 radical (unpaired) electrons. The zero-order chi connectivity index (χ0) is 20.3. The van der Waals surface area contributed by atoms with E-state index >= 15 is 0 Å². The molecule has 0 aromatic heterocycles. The second-order valence-electron chi connectivity index (χ2n) is 8.33. The van der Waals surface area contributed by atoms with Gasteiger partial charge in [-0.05, 0) is 56.0 Å². The predicted octanol–water partition coefficient (Wildman–Crippen LogP) is 5.58. The molecule has 2 N–H and O–H groups in total. The molecule has 154 valence electrons. The van der Waals surface area contributed by atoms with Gasteiger partial charge in [0.15, 0.2) is 4.99 Å². The standard InChI is InChI=1S/C24H31N3OS/c1-24(25-21-10-6-7-11-22(21)26-24)29-17-16-18-12-14-19(15-13-18)23(28)27(2)20-8-4-3-5-9-20/h6-7,10-15,20,25-26H,3-5,8-9,16-17H2,1-2H3. The number of nitrogens with one attached hydrogen (secondary N) is 2. The van der Waals surface area contributed by atoms with Gasteiger partial charge in [-0.2, -0.15) is 0 Å². The van der Waals surface area contributed by atoms with E-state index in [9.17, 15) is 4.79 Å². The number of thioether (sulfide) groups is 1. The van der Waals surface area contributed by atoms with Gasteiger partial charge in [0.1, 0.15) is 0 Å². The van der Waals surface area contributed by atoms with Crippen molar-refractivity contribution in [3.05, 3.63) is 59.7 Å². The smallest absolute Gasteiger partial charge is 0.253 e. The lowest BCUT2D eigenvalue weighted by molar-refractivity contribution is 0.0696. The zero-order valence-electron chi connectivity index (χ0n) is 17.4. The predicted molar refractivity (Wildman–Crippen MR) is 124 cm³/mol. The second-order valence-corrected chi connectivity index (χ2v) is 9.85. The molecule has 2 aromatic rings. The van der Waals surface area contributed by atoms with E-state index in [0.717, 1.165) is 42.0 Å². The summed E-state index contributed by atoms with van der Waals surface area (Å²) in [6.45, 7) is 2.18. The van der Waals surface area contributed by atoms with Crippen molar-refractivity contribution in [2.45, 2.75) is 56.5 Å². The molecule has 1 fully saturated rings. The molecular formula is C24H31N3OS. The Morgan fingerprint density at radius 1 is 1.03 bits per heavy atom. The van der Waals surface area contributed by atoms with Crippen LogP contribution in [0.5, 0.6) is 0 Å². The number of amides is 1. The highest BCUT2D eigenvalue weighted by atomic mass is 32.2. The first-order valence-corrected chi connectivity index (χ1v) is 11.7. The minimum atomic E-state index is -0.178. The molecular weight excluding hydrogens is 378 g/mol. The number of hydrogen-bond donors (Lipinski definition) is 2. The quantitative estimate of drug-likeness (QED) is 0.654. The largest absolute Gasteiger partial charge is 0.353 e. The molecule has 1 aliphatic carbocycles. The minimum Gasteiger partial charge on any atom is -0.353 e. The third-order valence-corrected chi connectivity index (χ3v) is 7.29. The van der Waals surface area contributed by atoms with Crippen molar-refractivity contribution in [3.63, 3.8) is 0 Å². The molecule has 0 saturated heterocycles. The highest BCUT2D eigenvalue weighted by Crippen LogP contribution is 2.39. The number of rotatable bonds is 6. The Hall–Kier alpha value is -2.14. The number of anilines is 2. The zero-order valence-corrected chi connectivity index (χ0v) is 18.2. The number of hydrogen-bond acceptors (Lipinski definition) is 4. The van der Waals surface area contributed by atoms with E-state index in [1.165, 1.54) is 24.8 Å². The first-order valence-electron chi connectivity index (χ1n) is 10.7. The summed E-state index contributed by atoms with van der Waals surface area (Å²) < 4.78 is 0. The van der Waals surface area contributed by atoms with Crippen molar-refractivity contribution in [2.24, 2.45) is 0 Å². The number of carbonyl (C=O) groups excluding carboxylic acids is 1. The van der Waals surface area contributed by atoms with E-state index in [4.69, 9.17) is 0 Å². The summed E-state index contributed by atoms with van der Waals surface area (Å²) in [4.78, 5) is 14.6. The molecule has 2 aromatic carbocycles. The summed E-state index contributed by atoms with van der Waals surface area (Å²) in [5.74, 6) is 1.15. The van der Waals surface area contributed by atoms with E-state index in [0.29, 0.717) is 6.04 Å². The summed E-state index contributed by atoms with van der Waals surface area (Å²) >= 11 is 1.87. The number of nitrogens with zero attached hydrogens (tertiary/aromatic N) is 1. The number of carbonyl (C=O) groups is 1. The van der Waals surface area contributed by atoms with Crippen molar-refractivity contribution in [2.75, 3.05) is 23.4 Å². The van der Waals surface area contributed by atoms with E-state index in [-0.39, 0.29) is 10.9 Å². The highest BCUT2D eigenvalue weighted by molar-refractivity contribution is 8.00. The third kappa shape index (κ3) is 4.72. The molecule has 1 heterocycles. The van der Waals surface area contributed by atoms with Crippen molar-refractivity contribution in [1.29, 1.82) is 0 Å². The van der Waals surface area contributed by atoms with Gasteiger partial charge in [-0.15, -0.1) is 11.8 Å². The van der Waals surface area contributed by atoms with Gasteiger partial charge < -0.3 is 15.5 Å². The van der Waals surface area contributed by atoms with Crippen LogP contribution >= 0.6 is 11.8 Å². The van der Waals surface area contributed by atoms with Crippen LogP contribution < -0.4 is 10.6 Å². The first-order chi connectivity index (χ1) is 14.0. The molecule has 1 aliphatic heterocycles. The van der Waals surface area contributed by atoms with Gasteiger partial charge in [0.2, 0.25) is 0 Å². The van der Waals surface area contributed by atoms with E-state index < -0.39 is 0 Å². The van der Waals surface area contributed by atoms with Crippen molar-refractivity contribution >= 4 is 29.0 Å². The van der Waals surface area contributed by atoms with Crippen LogP contribution in [0.15, 0.2) is 48.5 Å². The minimum absolute atomic E-state index is 0.155. The van der Waals surface area contributed by atoms with Crippen LogP contribution in [0.2, 0.25) is 0 Å². The summed E-state index contributed by atoms with van der Waals surface area (Å²) in [5.41, 5.74) is 4.39. The molecule has 29 heavy (non-hydrogen) atoms. The van der Waals surface area contributed by atoms with Crippen LogP contribution in [0.4, 0.5) is 11.4 Å². The molecule has 0 atom stereocenters. The molecule has 4 rings (SSSR count). The van der Waals surface area contributed by atoms with E-state index in [1.807, 2.05) is 35.8 Å². The molecule has 1 amide bonds. The third-order valence-electron chi connectivity index (χ3n) is 6.10. The Labute approximate surface area is 178 Å². The molecule has 0 unspecified atom stereocenters. The summed E-state index contributed by atoms with van der Waals surface area (Å²) in [7, 11) is 1.96. The molecule has 1 saturated carbocycles. The van der Waals surface area contributed by atoms with Crippen LogP contribution in [-0.2, 0) is 6.42 Å². The lowest BCUT2D eigenvalue weighted by Crippen LogP contribution is -2.38. The van der Waals surface area contributed by atoms with Crippen molar-refractivity contribution in [1.82, 2.24) is 4.90 Å². The SMILES string of the molecule is CN(C(=O)c1ccc(CCSC2(C)Nc3ccccc3N2)cc1)C1CCCCC1. The van der Waals surface area contributed by atoms with Crippen LogP contribution in [0.3, 0.4) is 0 Å². The first kappa shape index (κ1) is 20.1. The maximum Gasteiger partial charge on any atom is 0.253 e. The molecule has 2 aliphatic rings. The number of fused-ring (bicyclic) bond motifs is 1. The van der Waals surface area contributed by atoms with Gasteiger partial charge >= 0.3 is 0 Å². The van der Waals surface area contributed by atoms with Gasteiger partial charge in [-0.1, -0.05) is 43.5 Å². The monoisotopic (exact) mass is 409 g/mol. The van der Waals surface area contributed by atoms with Crippen LogP contribution in [0, 0.1) is 0 Å². The van der Waals surface area contributed by atoms with E-state index in [1.54, 1.807) is 0 Å². The molecule has 5 heteroatoms. The fourth-order valence-electron chi connectivity index (χ4n) is 4.34. The summed E-state index contributed by atoms with van der Waals surface area (Å²) in [6.07, 6.45) is 7.05. The van der Waals surface area contributed by atoms with Gasteiger partial charge in [-0.3, -0.25) is 4.79 Å². The lowest BCUT2D eigenvalue weighted by atomic mass is 9.94. The topological polar surface area (TPSA) is 44.4 Å². The Bertz CT molecular complexity index is 820. The normalized spacial score (nSPS) is 17.9. The fourth-order valence-corrected chi connectivity index (χ4v) is 5.45. The van der Waals surface area contributed by atoms with Crippen LogP contribution in [0.25, 0.3) is 0 Å².